The van der Waals surface area contributed by atoms with E-state index in [1.54, 1.807) is 0 Å². The van der Waals surface area contributed by atoms with Crippen molar-refractivity contribution in [2.45, 2.75) is 71.3 Å². The lowest BCUT2D eigenvalue weighted by Crippen LogP contribution is -2.39. The second kappa shape index (κ2) is 7.55. The van der Waals surface area contributed by atoms with Crippen LogP contribution in [0.4, 0.5) is 4.79 Å². The van der Waals surface area contributed by atoms with Crippen LogP contribution in [0.3, 0.4) is 0 Å². The van der Waals surface area contributed by atoms with Gasteiger partial charge in [0.05, 0.1) is 0 Å². The highest BCUT2D eigenvalue weighted by atomic mass is 16.6. The van der Waals surface area contributed by atoms with E-state index in [1.165, 1.54) is 25.7 Å². The number of ether oxygens (including phenoxy) is 1. The first-order valence-corrected chi connectivity index (χ1v) is 10.1. The normalized spacial score (nSPS) is 33.9. The lowest BCUT2D eigenvalue weighted by molar-refractivity contribution is -0.126. The number of nitrogens with one attached hydrogen (secondary N) is 1. The van der Waals surface area contributed by atoms with E-state index in [-0.39, 0.29) is 17.9 Å². The first-order valence-electron chi connectivity index (χ1n) is 10.1. The Balaban J connectivity index is 1.74. The molecule has 4 unspecified atom stereocenters. The summed E-state index contributed by atoms with van der Waals surface area (Å²) in [7, 11) is 0. The Morgan fingerprint density at radius 2 is 1.72 bits per heavy atom. The van der Waals surface area contributed by atoms with Gasteiger partial charge in [0, 0.05) is 25.6 Å². The van der Waals surface area contributed by atoms with Gasteiger partial charge in [-0.1, -0.05) is 32.1 Å². The molecule has 4 atom stereocenters. The van der Waals surface area contributed by atoms with E-state index in [0.29, 0.717) is 30.8 Å². The molecule has 0 aromatic carbocycles. The number of fused-ring (bicyclic) bond motifs is 3. The van der Waals surface area contributed by atoms with Crippen molar-refractivity contribution in [2.75, 3.05) is 19.6 Å². The smallest absolute Gasteiger partial charge is 0.410 e. The summed E-state index contributed by atoms with van der Waals surface area (Å²) in [6, 6.07) is 0. The van der Waals surface area contributed by atoms with Crippen LogP contribution in [0.25, 0.3) is 0 Å². The number of amides is 2. The van der Waals surface area contributed by atoms with Gasteiger partial charge in [-0.2, -0.15) is 0 Å². The molecule has 1 aliphatic carbocycles. The highest BCUT2D eigenvalue weighted by Crippen LogP contribution is 2.41. The van der Waals surface area contributed by atoms with Crippen molar-refractivity contribution >= 4 is 12.0 Å². The Hall–Kier alpha value is -1.26. The molecule has 1 N–H and O–H groups in total. The maximum Gasteiger partial charge on any atom is 0.410 e. The van der Waals surface area contributed by atoms with Crippen LogP contribution >= 0.6 is 0 Å². The molecule has 5 nitrogen and oxygen atoms in total. The lowest BCUT2D eigenvalue weighted by atomic mass is 9.73. The van der Waals surface area contributed by atoms with Gasteiger partial charge in [-0.25, -0.2) is 4.79 Å². The molecule has 2 heterocycles. The van der Waals surface area contributed by atoms with Gasteiger partial charge in [-0.15, -0.1) is 0 Å². The molecule has 25 heavy (non-hydrogen) atoms. The van der Waals surface area contributed by atoms with E-state index in [2.05, 4.69) is 5.32 Å². The molecule has 3 aliphatic rings. The third-order valence-corrected chi connectivity index (χ3v) is 6.14. The van der Waals surface area contributed by atoms with Crippen molar-refractivity contribution in [1.29, 1.82) is 0 Å². The van der Waals surface area contributed by atoms with E-state index < -0.39 is 5.60 Å². The predicted molar refractivity (Wildman–Crippen MR) is 97.1 cm³/mol. The molecule has 2 aliphatic heterocycles. The van der Waals surface area contributed by atoms with Crippen LogP contribution in [0, 0.1) is 23.7 Å². The maximum atomic E-state index is 12.6. The molecular formula is C20H34N2O3. The molecule has 0 aromatic rings. The van der Waals surface area contributed by atoms with Crippen molar-refractivity contribution < 1.29 is 14.3 Å². The van der Waals surface area contributed by atoms with Gasteiger partial charge in [-0.3, -0.25) is 4.79 Å². The van der Waals surface area contributed by atoms with Crippen molar-refractivity contribution in [3.8, 4) is 0 Å². The molecule has 3 fully saturated rings. The van der Waals surface area contributed by atoms with Crippen LogP contribution < -0.4 is 5.32 Å². The Kier molecular flexibility index (Phi) is 5.59. The van der Waals surface area contributed by atoms with Crippen LogP contribution in [0.5, 0.6) is 0 Å². The summed E-state index contributed by atoms with van der Waals surface area (Å²) < 4.78 is 5.58. The van der Waals surface area contributed by atoms with Crippen molar-refractivity contribution in [3.05, 3.63) is 0 Å². The van der Waals surface area contributed by atoms with Gasteiger partial charge < -0.3 is 15.0 Å². The van der Waals surface area contributed by atoms with Crippen molar-refractivity contribution in [3.63, 3.8) is 0 Å². The number of likely N-dealkylation sites (tertiary alicyclic amines) is 1. The number of rotatable bonds is 0. The largest absolute Gasteiger partial charge is 0.444 e. The fourth-order valence-corrected chi connectivity index (χ4v) is 4.96. The van der Waals surface area contributed by atoms with Crippen LogP contribution in [-0.2, 0) is 9.53 Å². The van der Waals surface area contributed by atoms with Crippen LogP contribution in [0.15, 0.2) is 0 Å². The standard InChI is InChI=1S/C20H34N2O3/c1-20(2,3)25-19(24)22-12-14-11-21-18(23)16-10-8-6-4-5-7-9-15(16)17(14)13-22/h14-17H,4-13H2,1-3H3,(H,21,23). The molecule has 142 valence electrons. The summed E-state index contributed by atoms with van der Waals surface area (Å²) in [6.07, 6.45) is 8.11. The third kappa shape index (κ3) is 4.48. The van der Waals surface area contributed by atoms with Gasteiger partial charge in [0.15, 0.2) is 0 Å². The molecule has 2 saturated heterocycles. The molecule has 0 spiro atoms. The molecule has 0 aromatic heterocycles. The molecule has 2 amide bonds. The zero-order valence-electron chi connectivity index (χ0n) is 16.1. The summed E-state index contributed by atoms with van der Waals surface area (Å²) in [5.41, 5.74) is -0.462. The fourth-order valence-electron chi connectivity index (χ4n) is 4.96. The summed E-state index contributed by atoms with van der Waals surface area (Å²) in [5.74, 6) is 1.59. The second-order valence-electron chi connectivity index (χ2n) is 9.17. The van der Waals surface area contributed by atoms with Crippen molar-refractivity contribution in [1.82, 2.24) is 10.2 Å². The molecule has 0 radical (unpaired) electrons. The number of hydrogen-bond acceptors (Lipinski definition) is 3. The number of carbonyl (C=O) groups excluding carboxylic acids is 2. The second-order valence-corrected chi connectivity index (χ2v) is 9.17. The molecular weight excluding hydrogens is 316 g/mol. The van der Waals surface area contributed by atoms with E-state index in [4.69, 9.17) is 4.74 Å². The third-order valence-electron chi connectivity index (χ3n) is 6.14. The van der Waals surface area contributed by atoms with Gasteiger partial charge in [0.2, 0.25) is 5.91 Å². The molecule has 0 bridgehead atoms. The number of carbonyl (C=O) groups is 2. The first-order chi connectivity index (χ1) is 11.8. The minimum atomic E-state index is -0.462. The quantitative estimate of drug-likeness (QED) is 0.726. The first kappa shape index (κ1) is 18.5. The summed E-state index contributed by atoms with van der Waals surface area (Å²) in [5, 5.41) is 3.17. The average Bonchev–Trinajstić information content (AvgIpc) is 2.94. The maximum absolute atomic E-state index is 12.6. The summed E-state index contributed by atoms with van der Waals surface area (Å²) in [6.45, 7) is 7.89. The highest BCUT2D eigenvalue weighted by molar-refractivity contribution is 5.79. The Labute approximate surface area is 151 Å². The summed E-state index contributed by atoms with van der Waals surface area (Å²) in [4.78, 5) is 27.0. The van der Waals surface area contributed by atoms with Gasteiger partial charge >= 0.3 is 6.09 Å². The van der Waals surface area contributed by atoms with Crippen LogP contribution in [-0.4, -0.2) is 42.1 Å². The van der Waals surface area contributed by atoms with Gasteiger partial charge in [0.1, 0.15) is 5.60 Å². The average molecular weight is 351 g/mol. The fraction of sp³-hybridized carbons (Fsp3) is 0.900. The predicted octanol–water partition coefficient (Wildman–Crippen LogP) is 3.58. The molecule has 1 saturated carbocycles. The molecule has 5 heteroatoms. The van der Waals surface area contributed by atoms with Gasteiger partial charge in [-0.05, 0) is 51.4 Å². The number of hydrogen-bond donors (Lipinski definition) is 1. The Morgan fingerprint density at radius 3 is 2.44 bits per heavy atom. The Morgan fingerprint density at radius 1 is 1.04 bits per heavy atom. The SMILES string of the molecule is CC(C)(C)OC(=O)N1CC2CNC(=O)C3CCCCCCCC3C2C1. The van der Waals surface area contributed by atoms with Crippen LogP contribution in [0.2, 0.25) is 0 Å². The topological polar surface area (TPSA) is 58.6 Å². The van der Waals surface area contributed by atoms with Crippen molar-refractivity contribution in [2.24, 2.45) is 23.7 Å². The summed E-state index contributed by atoms with van der Waals surface area (Å²) >= 11 is 0. The Bertz CT molecular complexity index is 500. The van der Waals surface area contributed by atoms with E-state index in [9.17, 15) is 9.59 Å². The number of nitrogens with zero attached hydrogens (tertiary/aromatic N) is 1. The van der Waals surface area contributed by atoms with E-state index in [1.807, 2.05) is 25.7 Å². The minimum absolute atomic E-state index is 0.131. The van der Waals surface area contributed by atoms with Gasteiger partial charge in [0.25, 0.3) is 0 Å². The monoisotopic (exact) mass is 350 g/mol. The van der Waals surface area contributed by atoms with E-state index >= 15 is 0 Å². The highest BCUT2D eigenvalue weighted by Gasteiger charge is 2.46. The lowest BCUT2D eigenvalue weighted by Gasteiger charge is -2.30. The zero-order valence-corrected chi connectivity index (χ0v) is 16.1. The zero-order chi connectivity index (χ0) is 18.0. The molecule has 3 rings (SSSR count). The van der Waals surface area contributed by atoms with E-state index in [0.717, 1.165) is 25.8 Å². The minimum Gasteiger partial charge on any atom is -0.444 e. The van der Waals surface area contributed by atoms with Crippen LogP contribution in [0.1, 0.15) is 65.7 Å².